The highest BCUT2D eigenvalue weighted by molar-refractivity contribution is 5.94. The van der Waals surface area contributed by atoms with Crippen molar-refractivity contribution in [2.45, 2.75) is 59.8 Å². The van der Waals surface area contributed by atoms with Gasteiger partial charge in [-0.15, -0.1) is 0 Å². The molecular formula is C29H39N3O4. The summed E-state index contributed by atoms with van der Waals surface area (Å²) in [5, 5.41) is 1.22. The highest BCUT2D eigenvalue weighted by Crippen LogP contribution is 2.41. The number of ether oxygens (including phenoxy) is 3. The Balaban J connectivity index is 1.95. The molecule has 0 spiro atoms. The maximum Gasteiger partial charge on any atom is 0.293 e. The van der Waals surface area contributed by atoms with Crippen LogP contribution in [0.2, 0.25) is 0 Å². The maximum absolute atomic E-state index is 11.0. The van der Waals surface area contributed by atoms with Crippen molar-refractivity contribution in [3.8, 4) is 11.3 Å². The summed E-state index contributed by atoms with van der Waals surface area (Å²) < 4.78 is 19.1. The van der Waals surface area contributed by atoms with Crippen LogP contribution < -0.4 is 4.90 Å². The number of aryl methyl sites for hydroxylation is 1. The smallest absolute Gasteiger partial charge is 0.293 e. The van der Waals surface area contributed by atoms with Crippen LogP contribution in [0.25, 0.3) is 22.2 Å². The SMILES string of the molecule is CCn1c(-c2cccnc2C(C)OC)c(CC(C)(C)COC=O)c2cc(N3CCOC(C)C3)ccc21. The van der Waals surface area contributed by atoms with E-state index in [1.807, 2.05) is 19.2 Å². The fourth-order valence-corrected chi connectivity index (χ4v) is 5.32. The van der Waals surface area contributed by atoms with Gasteiger partial charge >= 0.3 is 0 Å². The minimum Gasteiger partial charge on any atom is -0.467 e. The van der Waals surface area contributed by atoms with Gasteiger partial charge in [0.2, 0.25) is 0 Å². The van der Waals surface area contributed by atoms with E-state index in [0.717, 1.165) is 49.6 Å². The van der Waals surface area contributed by atoms with Crippen molar-refractivity contribution in [1.82, 2.24) is 9.55 Å². The molecule has 2 unspecified atom stereocenters. The van der Waals surface area contributed by atoms with Crippen LogP contribution in [0.1, 0.15) is 52.0 Å². The highest BCUT2D eigenvalue weighted by Gasteiger charge is 2.29. The number of aromatic nitrogens is 2. The molecule has 2 atom stereocenters. The van der Waals surface area contributed by atoms with Crippen LogP contribution >= 0.6 is 0 Å². The van der Waals surface area contributed by atoms with Crippen molar-refractivity contribution in [2.24, 2.45) is 5.41 Å². The molecule has 1 aliphatic heterocycles. The summed E-state index contributed by atoms with van der Waals surface area (Å²) in [7, 11) is 1.72. The molecule has 3 heterocycles. The van der Waals surface area contributed by atoms with E-state index >= 15 is 0 Å². The lowest BCUT2D eigenvalue weighted by Gasteiger charge is -2.33. The maximum atomic E-state index is 11.0. The molecule has 1 aliphatic rings. The third kappa shape index (κ3) is 5.27. The summed E-state index contributed by atoms with van der Waals surface area (Å²) >= 11 is 0. The zero-order chi connectivity index (χ0) is 25.9. The van der Waals surface area contributed by atoms with E-state index in [-0.39, 0.29) is 17.6 Å². The molecule has 0 aliphatic carbocycles. The number of carbonyl (C=O) groups excluding carboxylic acids is 1. The zero-order valence-corrected chi connectivity index (χ0v) is 22.4. The van der Waals surface area contributed by atoms with E-state index in [9.17, 15) is 4.79 Å². The van der Waals surface area contributed by atoms with Crippen LogP contribution in [0.15, 0.2) is 36.5 Å². The van der Waals surface area contributed by atoms with Gasteiger partial charge in [-0.3, -0.25) is 9.78 Å². The predicted octanol–water partition coefficient (Wildman–Crippen LogP) is 5.40. The minimum atomic E-state index is -0.249. The average molecular weight is 494 g/mol. The van der Waals surface area contributed by atoms with Crippen LogP contribution in [0.3, 0.4) is 0 Å². The fraction of sp³-hybridized carbons (Fsp3) is 0.517. The lowest BCUT2D eigenvalue weighted by molar-refractivity contribution is -0.131. The molecule has 7 heteroatoms. The Morgan fingerprint density at radius 2 is 2.11 bits per heavy atom. The number of anilines is 1. The van der Waals surface area contributed by atoms with E-state index in [4.69, 9.17) is 19.2 Å². The quantitative estimate of drug-likeness (QED) is 0.353. The number of rotatable bonds is 10. The Morgan fingerprint density at radius 3 is 2.81 bits per heavy atom. The van der Waals surface area contributed by atoms with E-state index in [1.165, 1.54) is 22.2 Å². The molecule has 0 saturated carbocycles. The second-order valence-corrected chi connectivity index (χ2v) is 10.5. The van der Waals surface area contributed by atoms with E-state index in [2.05, 4.69) is 61.4 Å². The first-order valence-corrected chi connectivity index (χ1v) is 12.8. The van der Waals surface area contributed by atoms with Gasteiger partial charge in [0.05, 0.1) is 36.8 Å². The lowest BCUT2D eigenvalue weighted by Crippen LogP contribution is -2.41. The van der Waals surface area contributed by atoms with Crippen LogP contribution in [0.5, 0.6) is 0 Å². The Bertz CT molecular complexity index is 1200. The number of pyridine rings is 1. The average Bonchev–Trinajstić information content (AvgIpc) is 3.18. The molecule has 3 aromatic rings. The second kappa shape index (κ2) is 11.0. The Kier molecular flexibility index (Phi) is 8.00. The van der Waals surface area contributed by atoms with Crippen LogP contribution in [0, 0.1) is 5.41 Å². The number of morpholine rings is 1. The number of methoxy groups -OCH3 is 1. The molecule has 1 fully saturated rings. The molecule has 0 bridgehead atoms. The van der Waals surface area contributed by atoms with Crippen molar-refractivity contribution < 1.29 is 19.0 Å². The monoisotopic (exact) mass is 493 g/mol. The van der Waals surface area contributed by atoms with Gasteiger partial charge in [-0.25, -0.2) is 0 Å². The number of hydrogen-bond donors (Lipinski definition) is 0. The Hall–Kier alpha value is -2.90. The van der Waals surface area contributed by atoms with Crippen molar-refractivity contribution >= 4 is 23.1 Å². The van der Waals surface area contributed by atoms with Gasteiger partial charge < -0.3 is 23.7 Å². The molecule has 36 heavy (non-hydrogen) atoms. The topological polar surface area (TPSA) is 65.8 Å². The summed E-state index contributed by atoms with van der Waals surface area (Å²) in [6.45, 7) is 14.8. The van der Waals surface area contributed by atoms with Crippen molar-refractivity contribution in [1.29, 1.82) is 0 Å². The van der Waals surface area contributed by atoms with E-state index < -0.39 is 0 Å². The number of fused-ring (bicyclic) bond motifs is 1. The van der Waals surface area contributed by atoms with Gasteiger partial charge in [-0.1, -0.05) is 13.8 Å². The molecular weight excluding hydrogens is 454 g/mol. The Labute approximate surface area is 214 Å². The normalized spacial score (nSPS) is 17.4. The number of hydrogen-bond acceptors (Lipinski definition) is 6. The van der Waals surface area contributed by atoms with Gasteiger partial charge in [0.25, 0.3) is 6.47 Å². The van der Waals surface area contributed by atoms with E-state index in [1.54, 1.807) is 7.11 Å². The van der Waals surface area contributed by atoms with Gasteiger partial charge in [0.1, 0.15) is 0 Å². The number of carbonyl (C=O) groups is 1. The van der Waals surface area contributed by atoms with Gasteiger partial charge in [-0.05, 0) is 63.1 Å². The summed E-state index contributed by atoms with van der Waals surface area (Å²) in [5.74, 6) is 0. The molecule has 0 radical (unpaired) electrons. The summed E-state index contributed by atoms with van der Waals surface area (Å²) in [6, 6.07) is 10.9. The third-order valence-corrected chi connectivity index (χ3v) is 7.10. The first kappa shape index (κ1) is 26.2. The van der Waals surface area contributed by atoms with Crippen molar-refractivity contribution in [3.05, 3.63) is 47.8 Å². The molecule has 2 aromatic heterocycles. The fourth-order valence-electron chi connectivity index (χ4n) is 5.32. The second-order valence-electron chi connectivity index (χ2n) is 10.5. The summed E-state index contributed by atoms with van der Waals surface area (Å²) in [4.78, 5) is 18.1. The predicted molar refractivity (Wildman–Crippen MR) is 143 cm³/mol. The van der Waals surface area contributed by atoms with Crippen molar-refractivity contribution in [3.63, 3.8) is 0 Å². The number of benzene rings is 1. The molecule has 0 N–H and O–H groups in total. The third-order valence-electron chi connectivity index (χ3n) is 7.10. The molecule has 1 aromatic carbocycles. The molecule has 7 nitrogen and oxygen atoms in total. The first-order chi connectivity index (χ1) is 17.3. The van der Waals surface area contributed by atoms with Crippen LogP contribution in [-0.4, -0.2) is 55.5 Å². The molecule has 194 valence electrons. The lowest BCUT2D eigenvalue weighted by atomic mass is 9.84. The Morgan fingerprint density at radius 1 is 1.31 bits per heavy atom. The highest BCUT2D eigenvalue weighted by atomic mass is 16.5. The largest absolute Gasteiger partial charge is 0.467 e. The van der Waals surface area contributed by atoms with E-state index in [0.29, 0.717) is 13.1 Å². The van der Waals surface area contributed by atoms with Crippen molar-refractivity contribution in [2.75, 3.05) is 38.3 Å². The molecule has 0 amide bonds. The van der Waals surface area contributed by atoms with Crippen LogP contribution in [0.4, 0.5) is 5.69 Å². The summed E-state index contributed by atoms with van der Waals surface area (Å²) in [5.41, 5.74) is 6.55. The van der Waals surface area contributed by atoms with Gasteiger partial charge in [0, 0.05) is 60.5 Å². The standard InChI is InChI=1S/C29H39N3O4/c1-7-32-26-11-10-22(31-13-14-36-20(2)17-31)15-24(26)25(16-29(4,5)18-35-19-33)28(32)23-9-8-12-30-27(23)21(3)34-6/h8-12,15,19-21H,7,13-14,16-18H2,1-6H3. The van der Waals surface area contributed by atoms with Gasteiger partial charge in [0.15, 0.2) is 0 Å². The van der Waals surface area contributed by atoms with Crippen LogP contribution in [-0.2, 0) is 32.0 Å². The summed E-state index contributed by atoms with van der Waals surface area (Å²) in [6.07, 6.45) is 2.64. The van der Waals surface area contributed by atoms with Gasteiger partial charge in [-0.2, -0.15) is 0 Å². The first-order valence-electron chi connectivity index (χ1n) is 12.8. The molecule has 1 saturated heterocycles. The zero-order valence-electron chi connectivity index (χ0n) is 22.4. The molecule has 4 rings (SSSR count). The number of nitrogens with zero attached hydrogens (tertiary/aromatic N) is 3. The minimum absolute atomic E-state index is 0.144.